The Morgan fingerprint density at radius 1 is 0.702 bits per heavy atom. The van der Waals surface area contributed by atoms with Crippen LogP contribution in [0.1, 0.15) is 44.9 Å². The zero-order chi connectivity index (χ0) is 34.1. The minimum absolute atomic E-state index is 0.0146. The van der Waals surface area contributed by atoms with Crippen molar-refractivity contribution in [2.24, 2.45) is 23.2 Å². The molecule has 7 rings (SSSR count). The number of carbonyl (C=O) groups is 1. The number of alkyl halides is 6. The van der Waals surface area contributed by atoms with E-state index in [1.165, 1.54) is 14.7 Å². The number of halogens is 6. The highest BCUT2D eigenvalue weighted by Gasteiger charge is 2.75. The van der Waals surface area contributed by atoms with Crippen molar-refractivity contribution in [3.63, 3.8) is 0 Å². The topological polar surface area (TPSA) is 83.5 Å². The summed E-state index contributed by atoms with van der Waals surface area (Å²) in [4.78, 5) is 16.3. The molecule has 3 aromatic carbocycles. The average molecular weight is 701 g/mol. The first-order valence-corrected chi connectivity index (χ1v) is 18.0. The van der Waals surface area contributed by atoms with Gasteiger partial charge < -0.3 is 9.29 Å². The van der Waals surface area contributed by atoms with Crippen LogP contribution < -0.4 is 0 Å². The third kappa shape index (κ3) is 8.17. The molecule has 0 atom stereocenters. The smallest absolute Gasteiger partial charge is 0.438 e. The van der Waals surface area contributed by atoms with Crippen molar-refractivity contribution in [1.29, 1.82) is 0 Å². The van der Waals surface area contributed by atoms with Gasteiger partial charge in [-0.05, 0) is 98.1 Å². The number of rotatable bonds is 8. The number of hydrogen-bond acceptors (Lipinski definition) is 5. The van der Waals surface area contributed by atoms with E-state index >= 15 is 0 Å². The summed E-state index contributed by atoms with van der Waals surface area (Å²) in [5.74, 6) is -3.86. The van der Waals surface area contributed by atoms with Gasteiger partial charge in [-0.1, -0.05) is 54.6 Å². The molecule has 4 fully saturated rings. The fraction of sp³-hybridized carbons (Fsp3) is 0.441. The molecule has 0 heterocycles. The SMILES string of the molecule is O=C(CC12CC3CC(CC(C3)C1)C2)OC(CS(=O)(=O)[O-])(C(F)(F)F)C(F)(F)F.c1ccc([S+](c2ccccc2)c2ccccc2)cc1. The van der Waals surface area contributed by atoms with E-state index in [9.17, 15) is 44.1 Å². The molecule has 4 bridgehead atoms. The van der Waals surface area contributed by atoms with E-state index in [0.29, 0.717) is 19.3 Å². The monoisotopic (exact) mass is 700 g/mol. The van der Waals surface area contributed by atoms with Crippen molar-refractivity contribution in [2.45, 2.75) is 77.6 Å². The second-order valence-electron chi connectivity index (χ2n) is 12.8. The van der Waals surface area contributed by atoms with Gasteiger partial charge in [0, 0.05) is 0 Å². The van der Waals surface area contributed by atoms with Crippen molar-refractivity contribution >= 4 is 27.0 Å². The predicted octanol–water partition coefficient (Wildman–Crippen LogP) is 8.33. The molecular weight excluding hydrogens is 666 g/mol. The maximum Gasteiger partial charge on any atom is 0.438 e. The third-order valence-corrected chi connectivity index (χ3v) is 12.2. The molecule has 3 aromatic rings. The number of hydrogen-bond donors (Lipinski definition) is 0. The number of benzene rings is 3. The molecule has 0 spiro atoms. The Morgan fingerprint density at radius 2 is 1.04 bits per heavy atom. The van der Waals surface area contributed by atoms with Gasteiger partial charge in [0.15, 0.2) is 14.7 Å². The Hall–Kier alpha value is -3.03. The first kappa shape index (κ1) is 35.3. The van der Waals surface area contributed by atoms with E-state index in [0.717, 1.165) is 19.3 Å². The summed E-state index contributed by atoms with van der Waals surface area (Å²) < 4.78 is 116. The Labute approximate surface area is 272 Å². The van der Waals surface area contributed by atoms with Crippen LogP contribution >= 0.6 is 0 Å². The normalized spacial score (nSPS) is 24.0. The molecule has 4 aliphatic carbocycles. The molecule has 0 N–H and O–H groups in total. The predicted molar refractivity (Wildman–Crippen MR) is 162 cm³/mol. The van der Waals surface area contributed by atoms with Gasteiger partial charge in [-0.25, -0.2) is 8.42 Å². The summed E-state index contributed by atoms with van der Waals surface area (Å²) in [6, 6.07) is 32.2. The summed E-state index contributed by atoms with van der Waals surface area (Å²) in [5.41, 5.74) is -6.09. The van der Waals surface area contributed by atoms with Crippen molar-refractivity contribution in [1.82, 2.24) is 0 Å². The van der Waals surface area contributed by atoms with Crippen LogP contribution in [-0.2, 0) is 30.5 Å². The molecular formula is C34H34F6O5S2. The Kier molecular flexibility index (Phi) is 10.1. The van der Waals surface area contributed by atoms with Crippen LogP contribution in [0.5, 0.6) is 0 Å². The second kappa shape index (κ2) is 13.5. The summed E-state index contributed by atoms with van der Waals surface area (Å²) in [6.45, 7) is 0. The molecule has 4 saturated carbocycles. The molecule has 5 nitrogen and oxygen atoms in total. The van der Waals surface area contributed by atoms with Gasteiger partial charge in [0.2, 0.25) is 0 Å². The molecule has 47 heavy (non-hydrogen) atoms. The molecule has 0 aliphatic heterocycles. The van der Waals surface area contributed by atoms with Crippen LogP contribution in [0.15, 0.2) is 106 Å². The lowest BCUT2D eigenvalue weighted by atomic mass is 9.49. The third-order valence-electron chi connectivity index (χ3n) is 9.21. The zero-order valence-electron chi connectivity index (χ0n) is 25.2. The van der Waals surface area contributed by atoms with Crippen molar-refractivity contribution in [3.05, 3.63) is 91.0 Å². The van der Waals surface area contributed by atoms with E-state index < -0.39 is 51.6 Å². The zero-order valence-corrected chi connectivity index (χ0v) is 26.8. The Balaban J connectivity index is 0.000000198. The van der Waals surface area contributed by atoms with Gasteiger partial charge >= 0.3 is 23.9 Å². The minimum Gasteiger partial charge on any atom is -0.748 e. The van der Waals surface area contributed by atoms with Crippen LogP contribution in [0.4, 0.5) is 26.3 Å². The minimum atomic E-state index is -6.32. The highest BCUT2D eigenvalue weighted by Crippen LogP contribution is 2.61. The van der Waals surface area contributed by atoms with Crippen LogP contribution in [0, 0.1) is 23.2 Å². The maximum absolute atomic E-state index is 13.3. The summed E-state index contributed by atoms with van der Waals surface area (Å²) in [6.07, 6.45) is -8.88. The Bertz CT molecular complexity index is 1470. The van der Waals surface area contributed by atoms with E-state index in [-0.39, 0.29) is 28.6 Å². The molecule has 13 heteroatoms. The maximum atomic E-state index is 13.3. The highest BCUT2D eigenvalue weighted by molar-refractivity contribution is 7.97. The van der Waals surface area contributed by atoms with Gasteiger partial charge in [-0.15, -0.1) is 0 Å². The molecule has 0 aromatic heterocycles. The van der Waals surface area contributed by atoms with Gasteiger partial charge in [0.05, 0.1) is 33.2 Å². The second-order valence-corrected chi connectivity index (χ2v) is 16.3. The molecule has 4 aliphatic rings. The quantitative estimate of drug-likeness (QED) is 0.102. The van der Waals surface area contributed by atoms with Gasteiger partial charge in [-0.2, -0.15) is 26.3 Å². The first-order chi connectivity index (χ1) is 22.0. The van der Waals surface area contributed by atoms with E-state index in [1.54, 1.807) is 0 Å². The summed E-state index contributed by atoms with van der Waals surface area (Å²) in [5, 5.41) is 0. The van der Waals surface area contributed by atoms with Crippen LogP contribution in [0.3, 0.4) is 0 Å². The van der Waals surface area contributed by atoms with E-state index in [4.69, 9.17) is 0 Å². The van der Waals surface area contributed by atoms with Crippen molar-refractivity contribution in [2.75, 3.05) is 5.75 Å². The Morgan fingerprint density at radius 3 is 1.34 bits per heavy atom. The lowest BCUT2D eigenvalue weighted by Crippen LogP contribution is -2.63. The molecule has 0 unspecified atom stereocenters. The van der Waals surface area contributed by atoms with E-state index in [2.05, 4.69) is 95.7 Å². The molecule has 0 amide bonds. The van der Waals surface area contributed by atoms with Crippen LogP contribution in [0.25, 0.3) is 0 Å². The summed E-state index contributed by atoms with van der Waals surface area (Å²) in [7, 11) is -6.03. The summed E-state index contributed by atoms with van der Waals surface area (Å²) >= 11 is 0. The lowest BCUT2D eigenvalue weighted by Gasteiger charge is -2.56. The van der Waals surface area contributed by atoms with Crippen molar-refractivity contribution in [3.8, 4) is 0 Å². The first-order valence-electron chi connectivity index (χ1n) is 15.2. The fourth-order valence-corrected chi connectivity index (χ4v) is 10.8. The van der Waals surface area contributed by atoms with Gasteiger partial charge in [-0.3, -0.25) is 4.79 Å². The average Bonchev–Trinajstić information content (AvgIpc) is 2.96. The highest BCUT2D eigenvalue weighted by atomic mass is 32.2. The molecule has 254 valence electrons. The van der Waals surface area contributed by atoms with Gasteiger partial charge in [0.25, 0.3) is 0 Å². The van der Waals surface area contributed by atoms with Gasteiger partial charge in [0.1, 0.15) is 0 Å². The number of carbonyl (C=O) groups excluding carboxylic acids is 1. The standard InChI is InChI=1S/C18H15S.C16H20F6O5S/c1-4-10-16(11-5-1)19(17-12-6-2-7-13-17)18-14-8-3-9-15-18;17-15(18,19)14(16(20,21)22,8-28(24,25)26)27-12(23)7-13-4-9-1-10(5-13)3-11(2-9)6-13/h1-15H;9-11H,1-8H2,(H,24,25,26)/q+1;/p-1. The largest absolute Gasteiger partial charge is 0.748 e. The molecule has 0 radical (unpaired) electrons. The van der Waals surface area contributed by atoms with E-state index in [1.807, 2.05) is 0 Å². The van der Waals surface area contributed by atoms with Crippen molar-refractivity contribution < 1.29 is 48.8 Å². The number of esters is 1. The van der Waals surface area contributed by atoms with Crippen LogP contribution in [0.2, 0.25) is 0 Å². The fourth-order valence-electron chi connectivity index (χ4n) is 7.84. The lowest BCUT2D eigenvalue weighted by molar-refractivity contribution is -0.362. The number of ether oxygens (including phenoxy) is 1. The molecule has 0 saturated heterocycles. The van der Waals surface area contributed by atoms with Crippen LogP contribution in [-0.4, -0.2) is 42.6 Å².